The van der Waals surface area contributed by atoms with Crippen molar-refractivity contribution in [1.82, 2.24) is 10.2 Å². The van der Waals surface area contributed by atoms with Gasteiger partial charge >= 0.3 is 0 Å². The lowest BCUT2D eigenvalue weighted by Crippen LogP contribution is -2.38. The van der Waals surface area contributed by atoms with Gasteiger partial charge in [-0.25, -0.2) is 8.78 Å². The molecule has 0 spiro atoms. The van der Waals surface area contributed by atoms with E-state index in [-0.39, 0.29) is 24.1 Å². The number of methoxy groups -OCH3 is 1. The molecule has 0 bridgehead atoms. The number of carbonyl (C=O) groups excluding carboxylic acids is 1. The van der Waals surface area contributed by atoms with Crippen molar-refractivity contribution in [3.05, 3.63) is 64.2 Å². The Hall–Kier alpha value is -2.22. The number of nitrogens with one attached hydrogen (secondary N) is 1. The molecule has 2 aromatic carbocycles. The Balaban J connectivity index is 1.51. The van der Waals surface area contributed by atoms with Gasteiger partial charge in [0.2, 0.25) is 0 Å². The summed E-state index contributed by atoms with van der Waals surface area (Å²) in [5, 5.41) is 3.10. The first-order valence-electron chi connectivity index (χ1n) is 9.86. The van der Waals surface area contributed by atoms with Gasteiger partial charge in [0.25, 0.3) is 5.91 Å². The molecule has 1 aliphatic heterocycles. The van der Waals surface area contributed by atoms with E-state index in [2.05, 4.69) is 5.32 Å². The molecule has 2 aromatic rings. The van der Waals surface area contributed by atoms with E-state index in [1.165, 1.54) is 18.2 Å². The highest BCUT2D eigenvalue weighted by molar-refractivity contribution is 6.32. The van der Waals surface area contributed by atoms with Crippen LogP contribution in [0.1, 0.15) is 28.8 Å². The molecule has 0 radical (unpaired) electrons. The topological polar surface area (TPSA) is 50.8 Å². The molecule has 1 amide bonds. The molecular formula is C22H25ClF2N2O3. The van der Waals surface area contributed by atoms with E-state index < -0.39 is 11.6 Å². The van der Waals surface area contributed by atoms with Gasteiger partial charge in [-0.3, -0.25) is 9.69 Å². The zero-order valence-electron chi connectivity index (χ0n) is 16.8. The molecule has 5 nitrogen and oxygen atoms in total. The second-order valence-electron chi connectivity index (χ2n) is 7.19. The number of halogens is 3. The van der Waals surface area contributed by atoms with Crippen LogP contribution in [0.3, 0.4) is 0 Å². The minimum absolute atomic E-state index is 0.0504. The number of piperidine rings is 1. The van der Waals surface area contributed by atoms with Crippen molar-refractivity contribution in [3.63, 3.8) is 0 Å². The molecule has 3 rings (SSSR count). The third kappa shape index (κ3) is 5.90. The van der Waals surface area contributed by atoms with Gasteiger partial charge in [-0.05, 0) is 43.2 Å². The lowest BCUT2D eigenvalue weighted by atomic mass is 10.1. The van der Waals surface area contributed by atoms with Crippen LogP contribution < -0.4 is 10.1 Å². The molecule has 0 unspecified atom stereocenters. The van der Waals surface area contributed by atoms with Crippen LogP contribution in [0.25, 0.3) is 0 Å². The van der Waals surface area contributed by atoms with E-state index in [1.807, 2.05) is 4.90 Å². The maximum absolute atomic E-state index is 13.8. The monoisotopic (exact) mass is 438 g/mol. The summed E-state index contributed by atoms with van der Waals surface area (Å²) in [5.41, 5.74) is 0.546. The molecule has 1 N–H and O–H groups in total. The van der Waals surface area contributed by atoms with E-state index in [0.29, 0.717) is 55.4 Å². The molecular weight excluding hydrogens is 414 g/mol. The van der Waals surface area contributed by atoms with Crippen LogP contribution in [0.4, 0.5) is 8.78 Å². The molecule has 1 heterocycles. The van der Waals surface area contributed by atoms with Crippen LogP contribution >= 0.6 is 11.6 Å². The molecule has 0 aliphatic carbocycles. The van der Waals surface area contributed by atoms with Crippen LogP contribution in [-0.2, 0) is 11.3 Å². The highest BCUT2D eigenvalue weighted by atomic mass is 35.5. The normalized spacial score (nSPS) is 15.2. The van der Waals surface area contributed by atoms with Gasteiger partial charge in [-0.2, -0.15) is 0 Å². The molecule has 0 saturated carbocycles. The van der Waals surface area contributed by atoms with Crippen LogP contribution in [0.2, 0.25) is 5.02 Å². The largest absolute Gasteiger partial charge is 0.489 e. The fourth-order valence-electron chi connectivity index (χ4n) is 3.38. The first-order valence-corrected chi connectivity index (χ1v) is 10.2. The maximum atomic E-state index is 13.8. The Kier molecular flexibility index (Phi) is 8.01. The highest BCUT2D eigenvalue weighted by Crippen LogP contribution is 2.29. The second-order valence-corrected chi connectivity index (χ2v) is 7.59. The average molecular weight is 439 g/mol. The third-order valence-electron chi connectivity index (χ3n) is 5.06. The van der Waals surface area contributed by atoms with Crippen LogP contribution in [0.15, 0.2) is 36.4 Å². The summed E-state index contributed by atoms with van der Waals surface area (Å²) in [7, 11) is 1.57. The number of likely N-dealkylation sites (tertiary alicyclic amines) is 1. The standard InChI is InChI=1S/C22H25ClF2N2O3/c1-29-12-9-26-22(28)15-5-6-21(18(23)13-15)30-16-7-10-27(11-8-16)14-17-19(24)3-2-4-20(17)25/h2-6,13,16H,7-12,14H2,1H3,(H,26,28). The van der Waals surface area contributed by atoms with Gasteiger partial charge in [0.15, 0.2) is 0 Å². The van der Waals surface area contributed by atoms with Crippen molar-refractivity contribution in [3.8, 4) is 5.75 Å². The molecule has 1 fully saturated rings. The fourth-order valence-corrected chi connectivity index (χ4v) is 3.60. The minimum atomic E-state index is -0.522. The summed E-state index contributed by atoms with van der Waals surface area (Å²) in [4.78, 5) is 14.1. The quantitative estimate of drug-likeness (QED) is 0.632. The third-order valence-corrected chi connectivity index (χ3v) is 5.35. The Morgan fingerprint density at radius 3 is 2.53 bits per heavy atom. The van der Waals surface area contributed by atoms with E-state index in [4.69, 9.17) is 21.1 Å². The van der Waals surface area contributed by atoms with Crippen molar-refractivity contribution in [2.45, 2.75) is 25.5 Å². The smallest absolute Gasteiger partial charge is 0.251 e. The Morgan fingerprint density at radius 1 is 1.20 bits per heavy atom. The first kappa shape index (κ1) is 22.5. The lowest BCUT2D eigenvalue weighted by molar-refractivity contribution is 0.0935. The maximum Gasteiger partial charge on any atom is 0.251 e. The van der Waals surface area contributed by atoms with Crippen LogP contribution in [0, 0.1) is 11.6 Å². The molecule has 162 valence electrons. The molecule has 30 heavy (non-hydrogen) atoms. The highest BCUT2D eigenvalue weighted by Gasteiger charge is 2.23. The van der Waals surface area contributed by atoms with Gasteiger partial charge in [0, 0.05) is 44.4 Å². The Bertz CT molecular complexity index is 853. The Morgan fingerprint density at radius 2 is 1.90 bits per heavy atom. The van der Waals surface area contributed by atoms with E-state index >= 15 is 0 Å². The van der Waals surface area contributed by atoms with Gasteiger partial charge in [0.1, 0.15) is 23.5 Å². The van der Waals surface area contributed by atoms with Crippen LogP contribution in [0.5, 0.6) is 5.75 Å². The molecule has 0 atom stereocenters. The molecule has 1 saturated heterocycles. The van der Waals surface area contributed by atoms with Crippen molar-refractivity contribution in [2.24, 2.45) is 0 Å². The van der Waals surface area contributed by atoms with Crippen LogP contribution in [-0.4, -0.2) is 50.3 Å². The summed E-state index contributed by atoms with van der Waals surface area (Å²) in [6, 6.07) is 8.85. The van der Waals surface area contributed by atoms with E-state index in [9.17, 15) is 13.6 Å². The second kappa shape index (κ2) is 10.7. The number of nitrogens with zero attached hydrogens (tertiary/aromatic N) is 1. The fraction of sp³-hybridized carbons (Fsp3) is 0.409. The van der Waals surface area contributed by atoms with Crippen molar-refractivity contribution in [1.29, 1.82) is 0 Å². The molecule has 0 aromatic heterocycles. The van der Waals surface area contributed by atoms with Gasteiger partial charge < -0.3 is 14.8 Å². The zero-order valence-corrected chi connectivity index (χ0v) is 17.6. The summed E-state index contributed by atoms with van der Waals surface area (Å²) in [6.07, 6.45) is 1.38. The summed E-state index contributed by atoms with van der Waals surface area (Å²) in [5.74, 6) is -0.754. The number of amides is 1. The number of rotatable bonds is 8. The van der Waals surface area contributed by atoms with Gasteiger partial charge in [-0.1, -0.05) is 17.7 Å². The Labute approximate surface area is 179 Å². The number of ether oxygens (including phenoxy) is 2. The van der Waals surface area contributed by atoms with Gasteiger partial charge in [0.05, 0.1) is 11.6 Å². The predicted molar refractivity (Wildman–Crippen MR) is 111 cm³/mol. The summed E-state index contributed by atoms with van der Waals surface area (Å²) >= 11 is 6.30. The van der Waals surface area contributed by atoms with E-state index in [1.54, 1.807) is 25.3 Å². The van der Waals surface area contributed by atoms with Crippen molar-refractivity contribution in [2.75, 3.05) is 33.4 Å². The first-order chi connectivity index (χ1) is 14.5. The van der Waals surface area contributed by atoms with Gasteiger partial charge in [-0.15, -0.1) is 0 Å². The number of hydrogen-bond donors (Lipinski definition) is 1. The molecule has 8 heteroatoms. The molecule has 1 aliphatic rings. The van der Waals surface area contributed by atoms with E-state index in [0.717, 1.165) is 0 Å². The number of benzene rings is 2. The summed E-state index contributed by atoms with van der Waals surface area (Å²) < 4.78 is 38.6. The SMILES string of the molecule is COCCNC(=O)c1ccc(OC2CCN(Cc3c(F)cccc3F)CC2)c(Cl)c1. The average Bonchev–Trinajstić information content (AvgIpc) is 2.73. The lowest BCUT2D eigenvalue weighted by Gasteiger charge is -2.32. The number of hydrogen-bond acceptors (Lipinski definition) is 4. The predicted octanol–water partition coefficient (Wildman–Crippen LogP) is 4.04. The van der Waals surface area contributed by atoms with Crippen molar-refractivity contribution >= 4 is 17.5 Å². The summed E-state index contributed by atoms with van der Waals surface area (Å²) in [6.45, 7) is 2.41. The number of carbonyl (C=O) groups is 1. The minimum Gasteiger partial charge on any atom is -0.489 e. The van der Waals surface area contributed by atoms with Crippen molar-refractivity contribution < 1.29 is 23.0 Å². The zero-order chi connectivity index (χ0) is 21.5.